The van der Waals surface area contributed by atoms with Crippen molar-refractivity contribution in [2.24, 2.45) is 15.9 Å². The standard InChI is InChI=1S/C14H15N5O2/c1-7-6-11(16-13(21)10-4-5-10)19(18-7)14-15-9(3)8(2)12(20)17-14/h6,10H,2,4-5H2,1,3H3,(H,16,21). The molecule has 2 aliphatic rings. The largest absolute Gasteiger partial charge is 0.310 e. The third-order valence-electron chi connectivity index (χ3n) is 3.38. The monoisotopic (exact) mass is 285 g/mol. The van der Waals surface area contributed by atoms with Crippen LogP contribution < -0.4 is 5.32 Å². The maximum absolute atomic E-state index is 11.9. The molecule has 0 unspecified atom stereocenters. The lowest BCUT2D eigenvalue weighted by atomic mass is 10.2. The molecule has 7 heteroatoms. The lowest BCUT2D eigenvalue weighted by Gasteiger charge is -2.12. The summed E-state index contributed by atoms with van der Waals surface area (Å²) < 4.78 is 1.38. The smallest absolute Gasteiger partial charge is 0.281 e. The predicted octanol–water partition coefficient (Wildman–Crippen LogP) is 1.30. The van der Waals surface area contributed by atoms with Gasteiger partial charge in [0.05, 0.1) is 17.0 Å². The van der Waals surface area contributed by atoms with Crippen LogP contribution in [0.25, 0.3) is 0 Å². The lowest BCUT2D eigenvalue weighted by Crippen LogP contribution is -2.25. The van der Waals surface area contributed by atoms with E-state index in [1.165, 1.54) is 4.68 Å². The zero-order chi connectivity index (χ0) is 15.1. The maximum atomic E-state index is 11.9. The fourth-order valence-corrected chi connectivity index (χ4v) is 1.97. The number of carbonyl (C=O) groups excluding carboxylic acids is 2. The van der Waals surface area contributed by atoms with E-state index < -0.39 is 5.91 Å². The third kappa shape index (κ3) is 2.54. The second-order valence-corrected chi connectivity index (χ2v) is 5.24. The number of amides is 2. The van der Waals surface area contributed by atoms with Crippen molar-refractivity contribution in [2.45, 2.75) is 26.7 Å². The topological polar surface area (TPSA) is 88.7 Å². The Labute approximate surface area is 121 Å². The number of aliphatic imine (C=N–C) groups is 2. The minimum atomic E-state index is -0.440. The summed E-state index contributed by atoms with van der Waals surface area (Å²) in [7, 11) is 0. The van der Waals surface area contributed by atoms with Gasteiger partial charge in [-0.3, -0.25) is 9.59 Å². The van der Waals surface area contributed by atoms with E-state index in [4.69, 9.17) is 0 Å². The molecule has 0 spiro atoms. The molecular formula is C14H15N5O2. The molecule has 21 heavy (non-hydrogen) atoms. The van der Waals surface area contributed by atoms with Gasteiger partial charge in [0.1, 0.15) is 5.82 Å². The molecule has 108 valence electrons. The van der Waals surface area contributed by atoms with E-state index in [0.717, 1.165) is 12.8 Å². The molecule has 3 rings (SSSR count). The van der Waals surface area contributed by atoms with Crippen molar-refractivity contribution in [3.63, 3.8) is 0 Å². The van der Waals surface area contributed by atoms with E-state index in [1.807, 2.05) is 0 Å². The highest BCUT2D eigenvalue weighted by Crippen LogP contribution is 2.30. The first-order valence-corrected chi connectivity index (χ1v) is 6.71. The summed E-state index contributed by atoms with van der Waals surface area (Å²) in [5, 5.41) is 7.05. The van der Waals surface area contributed by atoms with Gasteiger partial charge in [0, 0.05) is 12.0 Å². The second kappa shape index (κ2) is 4.76. The van der Waals surface area contributed by atoms with Crippen molar-refractivity contribution in [3.8, 4) is 0 Å². The van der Waals surface area contributed by atoms with Crippen molar-refractivity contribution < 1.29 is 9.59 Å². The molecule has 7 nitrogen and oxygen atoms in total. The molecule has 0 radical (unpaired) electrons. The Hall–Kier alpha value is -2.57. The van der Waals surface area contributed by atoms with Crippen molar-refractivity contribution in [2.75, 3.05) is 5.32 Å². The highest BCUT2D eigenvalue weighted by atomic mass is 16.2. The summed E-state index contributed by atoms with van der Waals surface area (Å²) in [4.78, 5) is 31.7. The van der Waals surface area contributed by atoms with Crippen LogP contribution in [0, 0.1) is 12.8 Å². The normalized spacial score (nSPS) is 18.4. The zero-order valence-corrected chi connectivity index (χ0v) is 11.9. The molecule has 1 aliphatic heterocycles. The number of hydrogen-bond acceptors (Lipinski definition) is 4. The van der Waals surface area contributed by atoms with E-state index in [1.54, 1.807) is 19.9 Å². The highest BCUT2D eigenvalue weighted by Gasteiger charge is 2.31. The molecule has 1 N–H and O–H groups in total. The van der Waals surface area contributed by atoms with Gasteiger partial charge in [-0.1, -0.05) is 6.58 Å². The second-order valence-electron chi connectivity index (χ2n) is 5.24. The SMILES string of the molecule is C=C1C(=O)N=C(n2nc(C)cc2NC(=O)C2CC2)N=C1C. The summed E-state index contributed by atoms with van der Waals surface area (Å²) in [5.74, 6) is 0.215. The molecule has 1 fully saturated rings. The third-order valence-corrected chi connectivity index (χ3v) is 3.38. The lowest BCUT2D eigenvalue weighted by molar-refractivity contribution is -0.117. The molecule has 2 amide bonds. The minimum Gasteiger partial charge on any atom is -0.310 e. The fourth-order valence-electron chi connectivity index (χ4n) is 1.97. The van der Waals surface area contributed by atoms with Gasteiger partial charge in [-0.2, -0.15) is 14.8 Å². The van der Waals surface area contributed by atoms with Crippen molar-refractivity contribution >= 4 is 29.3 Å². The Kier molecular flexibility index (Phi) is 3.04. The Morgan fingerprint density at radius 1 is 1.38 bits per heavy atom. The van der Waals surface area contributed by atoms with Crippen molar-refractivity contribution in [1.29, 1.82) is 0 Å². The van der Waals surface area contributed by atoms with E-state index in [-0.39, 0.29) is 23.4 Å². The fraction of sp³-hybridized carbons (Fsp3) is 0.357. The summed E-state index contributed by atoms with van der Waals surface area (Å²) in [6, 6.07) is 1.72. The summed E-state index contributed by atoms with van der Waals surface area (Å²) in [6.07, 6.45) is 1.82. The molecule has 1 aromatic heterocycles. The number of aromatic nitrogens is 2. The first-order chi connectivity index (χ1) is 9.95. The van der Waals surface area contributed by atoms with E-state index in [2.05, 4.69) is 27.0 Å². The maximum Gasteiger partial charge on any atom is 0.281 e. The van der Waals surface area contributed by atoms with Crippen LogP contribution in [0.1, 0.15) is 25.5 Å². The van der Waals surface area contributed by atoms with Crippen LogP contribution in [-0.4, -0.2) is 33.3 Å². The molecule has 1 aliphatic carbocycles. The highest BCUT2D eigenvalue weighted by molar-refractivity contribution is 6.27. The van der Waals surface area contributed by atoms with E-state index in [9.17, 15) is 9.59 Å². The quantitative estimate of drug-likeness (QED) is 0.831. The average Bonchev–Trinajstić information content (AvgIpc) is 3.20. The van der Waals surface area contributed by atoms with Crippen LogP contribution >= 0.6 is 0 Å². The Morgan fingerprint density at radius 2 is 2.10 bits per heavy atom. The van der Waals surface area contributed by atoms with Gasteiger partial charge >= 0.3 is 0 Å². The number of rotatable bonds is 2. The van der Waals surface area contributed by atoms with Crippen molar-refractivity contribution in [3.05, 3.63) is 23.9 Å². The predicted molar refractivity (Wildman–Crippen MR) is 78.4 cm³/mol. The van der Waals surface area contributed by atoms with Gasteiger partial charge in [0.25, 0.3) is 11.9 Å². The van der Waals surface area contributed by atoms with Crippen LogP contribution in [-0.2, 0) is 9.59 Å². The zero-order valence-electron chi connectivity index (χ0n) is 11.9. The average molecular weight is 285 g/mol. The van der Waals surface area contributed by atoms with Gasteiger partial charge in [-0.15, -0.1) is 0 Å². The summed E-state index contributed by atoms with van der Waals surface area (Å²) >= 11 is 0. The first kappa shape index (κ1) is 13.4. The number of hydrogen-bond donors (Lipinski definition) is 1. The number of anilines is 1. The summed E-state index contributed by atoms with van der Waals surface area (Å²) in [5.41, 5.74) is 1.47. The van der Waals surface area contributed by atoms with Gasteiger partial charge in [0.2, 0.25) is 5.91 Å². The van der Waals surface area contributed by atoms with Gasteiger partial charge in [-0.05, 0) is 26.7 Å². The van der Waals surface area contributed by atoms with E-state index in [0.29, 0.717) is 17.2 Å². The van der Waals surface area contributed by atoms with Gasteiger partial charge in [0.15, 0.2) is 0 Å². The molecule has 1 saturated carbocycles. The molecule has 0 aromatic carbocycles. The molecule has 2 heterocycles. The van der Waals surface area contributed by atoms with Crippen LogP contribution in [0.4, 0.5) is 5.82 Å². The Morgan fingerprint density at radius 3 is 2.71 bits per heavy atom. The molecular weight excluding hydrogens is 270 g/mol. The van der Waals surface area contributed by atoms with Crippen molar-refractivity contribution in [1.82, 2.24) is 9.78 Å². The van der Waals surface area contributed by atoms with E-state index >= 15 is 0 Å². The van der Waals surface area contributed by atoms with Gasteiger partial charge in [-0.25, -0.2) is 4.99 Å². The number of nitrogens with zero attached hydrogens (tertiary/aromatic N) is 4. The number of aryl methyl sites for hydroxylation is 1. The Bertz CT molecular complexity index is 722. The Balaban J connectivity index is 1.95. The summed E-state index contributed by atoms with van der Waals surface area (Å²) in [6.45, 7) is 7.11. The van der Waals surface area contributed by atoms with Crippen LogP contribution in [0.5, 0.6) is 0 Å². The molecule has 1 aromatic rings. The van der Waals surface area contributed by atoms with Crippen LogP contribution in [0.15, 0.2) is 28.2 Å². The van der Waals surface area contributed by atoms with Crippen LogP contribution in [0.3, 0.4) is 0 Å². The van der Waals surface area contributed by atoms with Gasteiger partial charge < -0.3 is 5.32 Å². The molecule has 0 atom stereocenters. The molecule has 0 bridgehead atoms. The number of nitrogens with one attached hydrogen (secondary N) is 1. The number of carbonyl (C=O) groups is 2. The first-order valence-electron chi connectivity index (χ1n) is 6.71. The minimum absolute atomic E-state index is 0.0380. The van der Waals surface area contributed by atoms with Crippen LogP contribution in [0.2, 0.25) is 0 Å². The molecule has 0 saturated heterocycles.